The van der Waals surface area contributed by atoms with Crippen LogP contribution in [0.4, 0.5) is 0 Å². The van der Waals surface area contributed by atoms with E-state index in [9.17, 15) is 5.11 Å². The molecule has 0 aliphatic carbocycles. The Morgan fingerprint density at radius 2 is 1.86 bits per heavy atom. The molecule has 0 aliphatic rings. The van der Waals surface area contributed by atoms with Crippen LogP contribution in [0.15, 0.2) is 42.0 Å². The fraction of sp³-hybridized carbons (Fsp3) is 0.517. The maximum absolute atomic E-state index is 10.9. The van der Waals surface area contributed by atoms with Crippen LogP contribution in [-0.2, 0) is 6.54 Å². The first kappa shape index (κ1) is 28.3. The van der Waals surface area contributed by atoms with Crippen LogP contribution in [0.25, 0.3) is 10.6 Å². The van der Waals surface area contributed by atoms with Crippen molar-refractivity contribution in [1.29, 1.82) is 0 Å². The van der Waals surface area contributed by atoms with Crippen LogP contribution in [-0.4, -0.2) is 45.2 Å². The largest absolute Gasteiger partial charge is 0.496 e. The Morgan fingerprint density at radius 3 is 2.50 bits per heavy atom. The number of nitrogens with zero attached hydrogens (tertiary/aromatic N) is 3. The van der Waals surface area contributed by atoms with Gasteiger partial charge in [0.25, 0.3) is 0 Å². The Hall–Kier alpha value is -2.32. The molecule has 6 nitrogen and oxygen atoms in total. The molecule has 0 bridgehead atoms. The second kappa shape index (κ2) is 13.3. The molecule has 2 aromatic heterocycles. The molecule has 0 radical (unpaired) electrons. The van der Waals surface area contributed by atoms with Gasteiger partial charge in [0.2, 0.25) is 0 Å². The minimum absolute atomic E-state index is 0.170. The summed E-state index contributed by atoms with van der Waals surface area (Å²) in [6.45, 7) is 14.2. The van der Waals surface area contributed by atoms with E-state index in [1.165, 1.54) is 28.0 Å². The molecule has 7 heteroatoms. The number of pyridine rings is 1. The minimum Gasteiger partial charge on any atom is -0.496 e. The number of nitrogens with one attached hydrogen (secondary N) is 1. The number of methoxy groups -OCH3 is 1. The van der Waals surface area contributed by atoms with E-state index < -0.39 is 6.23 Å². The van der Waals surface area contributed by atoms with Gasteiger partial charge < -0.3 is 9.84 Å². The van der Waals surface area contributed by atoms with Crippen molar-refractivity contribution in [3.8, 4) is 16.3 Å². The molecular weight excluding hydrogens is 468 g/mol. The lowest BCUT2D eigenvalue weighted by Gasteiger charge is -2.37. The van der Waals surface area contributed by atoms with E-state index in [2.05, 4.69) is 73.9 Å². The van der Waals surface area contributed by atoms with Crippen LogP contribution in [0.1, 0.15) is 75.6 Å². The minimum atomic E-state index is -0.799. The summed E-state index contributed by atoms with van der Waals surface area (Å²) in [6.07, 6.45) is 5.70. The highest BCUT2D eigenvalue weighted by Gasteiger charge is 2.25. The average Bonchev–Trinajstić information content (AvgIpc) is 3.40. The third kappa shape index (κ3) is 6.91. The second-order valence-electron chi connectivity index (χ2n) is 9.68. The second-order valence-corrected chi connectivity index (χ2v) is 10.5. The average molecular weight is 511 g/mol. The Bertz CT molecular complexity index is 1090. The molecule has 196 valence electrons. The third-order valence-electron chi connectivity index (χ3n) is 7.37. The molecule has 4 atom stereocenters. The molecule has 2 N–H and O–H groups in total. The number of hydrogen-bond acceptors (Lipinski definition) is 7. The topological polar surface area (TPSA) is 70.5 Å². The standard InChI is InChI=1S/C29H42N4O2S/c1-8-19(3)33(17-24-12-13-27(35-7)22(6)21(24)5)20(4)15-25(9-2)31-28(34)26-18-36-29(32-26)23-11-10-14-30-16-23/h10-14,16,18-20,25,28,31,34H,8-9,15,17H2,1-7H3/t19-,20?,25?,28?/m0/s1. The Kier molecular flexibility index (Phi) is 10.4. The van der Waals surface area contributed by atoms with E-state index in [0.717, 1.165) is 42.1 Å². The van der Waals surface area contributed by atoms with Gasteiger partial charge in [0.1, 0.15) is 17.0 Å². The van der Waals surface area contributed by atoms with E-state index in [1.807, 2.05) is 17.5 Å². The van der Waals surface area contributed by atoms with E-state index in [-0.39, 0.29) is 6.04 Å². The van der Waals surface area contributed by atoms with Crippen molar-refractivity contribution in [3.05, 3.63) is 64.4 Å². The first-order valence-electron chi connectivity index (χ1n) is 13.0. The summed E-state index contributed by atoms with van der Waals surface area (Å²) in [5.41, 5.74) is 5.47. The van der Waals surface area contributed by atoms with Gasteiger partial charge in [-0.15, -0.1) is 11.3 Å². The summed E-state index contributed by atoms with van der Waals surface area (Å²) < 4.78 is 5.52. The van der Waals surface area contributed by atoms with Crippen molar-refractivity contribution in [2.45, 2.75) is 91.7 Å². The predicted molar refractivity (Wildman–Crippen MR) is 149 cm³/mol. The van der Waals surface area contributed by atoms with Crippen LogP contribution in [0.3, 0.4) is 0 Å². The molecule has 0 spiro atoms. The highest BCUT2D eigenvalue weighted by Crippen LogP contribution is 2.28. The van der Waals surface area contributed by atoms with Crippen molar-refractivity contribution >= 4 is 11.3 Å². The van der Waals surface area contributed by atoms with Crippen LogP contribution in [0.5, 0.6) is 5.75 Å². The zero-order valence-corrected chi connectivity index (χ0v) is 23.6. The van der Waals surface area contributed by atoms with E-state index in [0.29, 0.717) is 17.8 Å². The first-order chi connectivity index (χ1) is 17.3. The molecule has 0 aliphatic heterocycles. The molecule has 1 aromatic carbocycles. The van der Waals surface area contributed by atoms with Gasteiger partial charge in [-0.25, -0.2) is 4.98 Å². The number of hydrogen-bond donors (Lipinski definition) is 2. The number of ether oxygens (including phenoxy) is 1. The van der Waals surface area contributed by atoms with Crippen molar-refractivity contribution < 1.29 is 9.84 Å². The van der Waals surface area contributed by atoms with Crippen molar-refractivity contribution in [1.82, 2.24) is 20.2 Å². The molecule has 3 aromatic rings. The molecule has 0 saturated heterocycles. The van der Waals surface area contributed by atoms with Gasteiger partial charge in [-0.05, 0) is 81.8 Å². The highest BCUT2D eigenvalue weighted by atomic mass is 32.1. The van der Waals surface area contributed by atoms with Crippen LogP contribution < -0.4 is 10.1 Å². The SMILES string of the molecule is CCC(CC(C)N(Cc1ccc(OC)c(C)c1C)[C@@H](C)CC)NC(O)c1csc(-c2cccnc2)n1. The summed E-state index contributed by atoms with van der Waals surface area (Å²) in [5, 5.41) is 17.2. The molecule has 3 rings (SSSR count). The quantitative estimate of drug-likeness (QED) is 0.264. The molecule has 0 fully saturated rings. The van der Waals surface area contributed by atoms with Gasteiger partial charge in [-0.3, -0.25) is 15.2 Å². The van der Waals surface area contributed by atoms with E-state index in [4.69, 9.17) is 4.74 Å². The van der Waals surface area contributed by atoms with E-state index in [1.54, 1.807) is 19.5 Å². The Labute approximate surface area is 220 Å². The predicted octanol–water partition coefficient (Wildman–Crippen LogP) is 6.27. The lowest BCUT2D eigenvalue weighted by atomic mass is 9.98. The molecular formula is C29H42N4O2S. The fourth-order valence-corrected chi connectivity index (χ4v) is 5.49. The van der Waals surface area contributed by atoms with Crippen LogP contribution >= 0.6 is 11.3 Å². The summed E-state index contributed by atoms with van der Waals surface area (Å²) >= 11 is 1.53. The number of aliphatic hydroxyl groups is 1. The Morgan fingerprint density at radius 1 is 1.08 bits per heavy atom. The summed E-state index contributed by atoms with van der Waals surface area (Å²) in [5.74, 6) is 0.942. The number of aromatic nitrogens is 2. The molecule has 3 unspecified atom stereocenters. The van der Waals surface area contributed by atoms with Gasteiger partial charge in [0, 0.05) is 48.0 Å². The zero-order valence-electron chi connectivity index (χ0n) is 22.8. The molecule has 0 amide bonds. The van der Waals surface area contributed by atoms with Gasteiger partial charge in [0.15, 0.2) is 0 Å². The molecule has 2 heterocycles. The van der Waals surface area contributed by atoms with E-state index >= 15 is 0 Å². The lowest BCUT2D eigenvalue weighted by Crippen LogP contribution is -2.44. The third-order valence-corrected chi connectivity index (χ3v) is 8.28. The number of thiazole rings is 1. The number of benzene rings is 1. The maximum Gasteiger partial charge on any atom is 0.149 e. The monoisotopic (exact) mass is 510 g/mol. The van der Waals surface area contributed by atoms with Crippen molar-refractivity contribution in [2.24, 2.45) is 0 Å². The number of aliphatic hydroxyl groups excluding tert-OH is 1. The van der Waals surface area contributed by atoms with Crippen LogP contribution in [0, 0.1) is 13.8 Å². The van der Waals surface area contributed by atoms with Crippen LogP contribution in [0.2, 0.25) is 0 Å². The van der Waals surface area contributed by atoms with Gasteiger partial charge >= 0.3 is 0 Å². The first-order valence-corrected chi connectivity index (χ1v) is 13.9. The smallest absolute Gasteiger partial charge is 0.149 e. The normalized spacial score (nSPS) is 15.0. The summed E-state index contributed by atoms with van der Waals surface area (Å²) in [4.78, 5) is 11.4. The summed E-state index contributed by atoms with van der Waals surface area (Å²) in [6, 6.07) is 9.13. The Balaban J connectivity index is 1.69. The van der Waals surface area contributed by atoms with Crippen molar-refractivity contribution in [3.63, 3.8) is 0 Å². The van der Waals surface area contributed by atoms with Gasteiger partial charge in [-0.2, -0.15) is 0 Å². The maximum atomic E-state index is 10.9. The summed E-state index contributed by atoms with van der Waals surface area (Å²) in [7, 11) is 1.73. The highest BCUT2D eigenvalue weighted by molar-refractivity contribution is 7.13. The molecule has 0 saturated carbocycles. The fourth-order valence-electron chi connectivity index (χ4n) is 4.66. The zero-order chi connectivity index (χ0) is 26.2. The van der Waals surface area contributed by atoms with Gasteiger partial charge in [-0.1, -0.05) is 19.9 Å². The molecule has 36 heavy (non-hydrogen) atoms. The lowest BCUT2D eigenvalue weighted by molar-refractivity contribution is 0.0906. The van der Waals surface area contributed by atoms with Crippen molar-refractivity contribution in [2.75, 3.05) is 7.11 Å². The number of rotatable bonds is 13. The van der Waals surface area contributed by atoms with Gasteiger partial charge in [0.05, 0.1) is 12.8 Å².